The van der Waals surface area contributed by atoms with Crippen molar-refractivity contribution in [2.45, 2.75) is 25.6 Å². The molecule has 2 heterocycles. The zero-order valence-corrected chi connectivity index (χ0v) is 18.9. The third kappa shape index (κ3) is 5.99. The summed E-state index contributed by atoms with van der Waals surface area (Å²) in [6.07, 6.45) is -4.78. The van der Waals surface area contributed by atoms with E-state index in [0.29, 0.717) is 0 Å². The highest BCUT2D eigenvalue weighted by atomic mass is 19.4. The third-order valence-corrected chi connectivity index (χ3v) is 5.55. The number of nitrogens with zero attached hydrogens (tertiary/aromatic N) is 2. The molecule has 186 valence electrons. The molecule has 0 aliphatic carbocycles. The highest BCUT2D eigenvalue weighted by Crippen LogP contribution is 2.34. The Morgan fingerprint density at radius 2 is 2.03 bits per heavy atom. The van der Waals surface area contributed by atoms with E-state index in [2.05, 4.69) is 15.6 Å². The summed E-state index contributed by atoms with van der Waals surface area (Å²) in [5, 5.41) is 24.3. The number of anilines is 1. The minimum absolute atomic E-state index is 0.000481. The van der Waals surface area contributed by atoms with E-state index >= 15 is 0 Å². The second-order valence-electron chi connectivity index (χ2n) is 8.27. The number of amides is 1. The van der Waals surface area contributed by atoms with Crippen LogP contribution < -0.4 is 15.4 Å². The molecule has 1 aliphatic heterocycles. The van der Waals surface area contributed by atoms with Crippen LogP contribution in [0.4, 0.5) is 18.9 Å². The number of hydrogen-bond donors (Lipinski definition) is 3. The van der Waals surface area contributed by atoms with E-state index in [-0.39, 0.29) is 54.4 Å². The molecule has 1 saturated heterocycles. The molecule has 0 spiro atoms. The fourth-order valence-corrected chi connectivity index (χ4v) is 3.66. The summed E-state index contributed by atoms with van der Waals surface area (Å²) in [5.74, 6) is -1.35. The van der Waals surface area contributed by atoms with Crippen molar-refractivity contribution in [3.8, 4) is 11.8 Å². The van der Waals surface area contributed by atoms with Gasteiger partial charge in [-0.25, -0.2) is 4.98 Å². The highest BCUT2D eigenvalue weighted by molar-refractivity contribution is 5.95. The normalized spacial score (nSPS) is 15.3. The van der Waals surface area contributed by atoms with Crippen LogP contribution >= 0.6 is 0 Å². The van der Waals surface area contributed by atoms with E-state index in [0.717, 1.165) is 6.07 Å². The topological polar surface area (TPSA) is 134 Å². The molecule has 3 rings (SSSR count). The van der Waals surface area contributed by atoms with Gasteiger partial charge in [-0.15, -0.1) is 0 Å². The van der Waals surface area contributed by atoms with Gasteiger partial charge in [-0.3, -0.25) is 9.59 Å². The lowest BCUT2D eigenvalue weighted by atomic mass is 9.82. The highest BCUT2D eigenvalue weighted by Gasteiger charge is 2.41. The van der Waals surface area contributed by atoms with Crippen LogP contribution in [0.5, 0.6) is 5.75 Å². The number of aliphatic carboxylic acids is 1. The fourth-order valence-electron chi connectivity index (χ4n) is 3.66. The summed E-state index contributed by atoms with van der Waals surface area (Å²) >= 11 is 0. The minimum Gasteiger partial charge on any atom is -0.495 e. The Morgan fingerprint density at radius 1 is 1.31 bits per heavy atom. The number of carboxylic acid groups (broad SMARTS) is 1. The molecule has 0 unspecified atom stereocenters. The first-order valence-corrected chi connectivity index (χ1v) is 10.5. The Bertz CT molecular complexity index is 1160. The van der Waals surface area contributed by atoms with Crippen molar-refractivity contribution in [1.82, 2.24) is 10.3 Å². The first-order chi connectivity index (χ1) is 16.5. The Balaban J connectivity index is 1.76. The summed E-state index contributed by atoms with van der Waals surface area (Å²) in [5.41, 5.74) is -1.21. The maximum atomic E-state index is 13.1. The lowest BCUT2D eigenvalue weighted by Gasteiger charge is -2.40. The van der Waals surface area contributed by atoms with Gasteiger partial charge in [0.1, 0.15) is 23.2 Å². The minimum atomic E-state index is -4.64. The second kappa shape index (κ2) is 10.2. The number of methoxy groups -OCH3 is 1. The number of nitrogens with one attached hydrogen (secondary N) is 2. The zero-order valence-electron chi connectivity index (χ0n) is 18.9. The Morgan fingerprint density at radius 3 is 2.57 bits per heavy atom. The molecule has 1 aromatic heterocycles. The van der Waals surface area contributed by atoms with Gasteiger partial charge in [0.2, 0.25) is 0 Å². The lowest BCUT2D eigenvalue weighted by Crippen LogP contribution is -2.52. The number of carbonyl (C=O) groups excluding carboxylic acids is 1. The van der Waals surface area contributed by atoms with Crippen molar-refractivity contribution >= 4 is 17.6 Å². The molecule has 0 bridgehead atoms. The SMILES string of the molecule is COc1ccc(C(F)(F)F)nc1[C@H](C)Nc1ccc(C(=O)NCC2(CC(=O)O)COC2)cc1C#N. The summed E-state index contributed by atoms with van der Waals surface area (Å²) in [7, 11) is 1.31. The summed E-state index contributed by atoms with van der Waals surface area (Å²) in [6, 6.07) is 7.43. The van der Waals surface area contributed by atoms with E-state index in [1.165, 1.54) is 31.4 Å². The first-order valence-electron chi connectivity index (χ1n) is 10.5. The van der Waals surface area contributed by atoms with Gasteiger partial charge in [0.05, 0.1) is 44.0 Å². The predicted molar refractivity (Wildman–Crippen MR) is 117 cm³/mol. The maximum Gasteiger partial charge on any atom is 0.433 e. The Hall–Kier alpha value is -3.85. The molecule has 9 nitrogen and oxygen atoms in total. The monoisotopic (exact) mass is 492 g/mol. The van der Waals surface area contributed by atoms with E-state index in [1.807, 2.05) is 6.07 Å². The van der Waals surface area contributed by atoms with Crippen LogP contribution in [0.15, 0.2) is 30.3 Å². The van der Waals surface area contributed by atoms with Gasteiger partial charge < -0.3 is 25.2 Å². The van der Waals surface area contributed by atoms with Gasteiger partial charge in [0.25, 0.3) is 5.91 Å². The predicted octanol–water partition coefficient (Wildman–Crippen LogP) is 3.37. The number of carbonyl (C=O) groups is 2. The Labute approximate surface area is 198 Å². The smallest absolute Gasteiger partial charge is 0.433 e. The Kier molecular flexibility index (Phi) is 7.50. The number of rotatable bonds is 9. The number of alkyl halides is 3. The zero-order chi connectivity index (χ0) is 25.8. The molecule has 1 aromatic carbocycles. The molecule has 2 aromatic rings. The largest absolute Gasteiger partial charge is 0.495 e. The van der Waals surface area contributed by atoms with E-state index in [1.54, 1.807) is 6.92 Å². The molecule has 1 amide bonds. The summed E-state index contributed by atoms with van der Waals surface area (Å²) in [6.45, 7) is 2.10. The molecule has 0 radical (unpaired) electrons. The fraction of sp³-hybridized carbons (Fsp3) is 0.391. The average Bonchev–Trinajstić information content (AvgIpc) is 2.79. The number of ether oxygens (including phenoxy) is 2. The third-order valence-electron chi connectivity index (χ3n) is 5.55. The number of aromatic nitrogens is 1. The number of pyridine rings is 1. The lowest BCUT2D eigenvalue weighted by molar-refractivity contribution is -0.155. The van der Waals surface area contributed by atoms with E-state index in [9.17, 15) is 28.0 Å². The molecule has 1 aliphatic rings. The molecule has 12 heteroatoms. The van der Waals surface area contributed by atoms with E-state index in [4.69, 9.17) is 14.6 Å². The molecular weight excluding hydrogens is 469 g/mol. The number of benzene rings is 1. The van der Waals surface area contributed by atoms with Crippen LogP contribution in [0.2, 0.25) is 0 Å². The van der Waals surface area contributed by atoms with Gasteiger partial charge in [0.15, 0.2) is 0 Å². The van der Waals surface area contributed by atoms with Crippen molar-refractivity contribution in [2.24, 2.45) is 5.41 Å². The van der Waals surface area contributed by atoms with Gasteiger partial charge in [-0.05, 0) is 37.3 Å². The van der Waals surface area contributed by atoms with Crippen LogP contribution in [0.25, 0.3) is 0 Å². The van der Waals surface area contributed by atoms with Crippen molar-refractivity contribution in [3.05, 3.63) is 52.8 Å². The number of hydrogen-bond acceptors (Lipinski definition) is 7. The van der Waals surface area contributed by atoms with Crippen LogP contribution in [0.3, 0.4) is 0 Å². The molecular formula is C23H23F3N4O5. The van der Waals surface area contributed by atoms with E-state index < -0.39 is 35.2 Å². The second-order valence-corrected chi connectivity index (χ2v) is 8.27. The van der Waals surface area contributed by atoms with Crippen LogP contribution in [-0.4, -0.2) is 48.8 Å². The molecule has 1 fully saturated rings. The van der Waals surface area contributed by atoms with Crippen LogP contribution in [-0.2, 0) is 15.7 Å². The van der Waals surface area contributed by atoms with Crippen LogP contribution in [0.1, 0.15) is 46.7 Å². The molecule has 3 N–H and O–H groups in total. The maximum absolute atomic E-state index is 13.1. The van der Waals surface area contributed by atoms with Crippen molar-refractivity contribution in [3.63, 3.8) is 0 Å². The van der Waals surface area contributed by atoms with Gasteiger partial charge in [-0.1, -0.05) is 0 Å². The van der Waals surface area contributed by atoms with Gasteiger partial charge >= 0.3 is 12.1 Å². The molecule has 35 heavy (non-hydrogen) atoms. The standard InChI is InChI=1S/C23H23F3N4O5/c1-13(20-17(34-2)5-6-18(30-20)23(24,25)26)29-16-4-3-14(7-15(16)9-27)21(33)28-10-22(8-19(31)32)11-35-12-22/h3-7,13,29H,8,10-12H2,1-2H3,(H,28,33)(H,31,32)/t13-/m0/s1. The number of nitriles is 1. The van der Waals surface area contributed by atoms with Crippen molar-refractivity contribution in [2.75, 3.05) is 32.2 Å². The van der Waals surface area contributed by atoms with Crippen LogP contribution in [0, 0.1) is 16.7 Å². The van der Waals surface area contributed by atoms with Crippen molar-refractivity contribution in [1.29, 1.82) is 5.26 Å². The number of carboxylic acids is 1. The first kappa shape index (κ1) is 25.8. The average molecular weight is 492 g/mol. The van der Waals surface area contributed by atoms with Gasteiger partial charge in [0, 0.05) is 17.5 Å². The quantitative estimate of drug-likeness (QED) is 0.485. The molecule has 0 saturated carbocycles. The van der Waals surface area contributed by atoms with Gasteiger partial charge in [-0.2, -0.15) is 18.4 Å². The number of halogens is 3. The molecule has 1 atom stereocenters. The summed E-state index contributed by atoms with van der Waals surface area (Å²) in [4.78, 5) is 27.3. The van der Waals surface area contributed by atoms with Crippen molar-refractivity contribution < 1.29 is 37.3 Å². The summed E-state index contributed by atoms with van der Waals surface area (Å²) < 4.78 is 49.6.